The maximum Gasteiger partial charge on any atom is 0.148 e. The van der Waals surface area contributed by atoms with Gasteiger partial charge in [0.2, 0.25) is 0 Å². The number of hydrogen-bond acceptors (Lipinski definition) is 4. The van der Waals surface area contributed by atoms with Crippen molar-refractivity contribution in [2.45, 2.75) is 6.92 Å². The van der Waals surface area contributed by atoms with Gasteiger partial charge in [-0.1, -0.05) is 0 Å². The number of rotatable bonds is 6. The summed E-state index contributed by atoms with van der Waals surface area (Å²) in [6, 6.07) is 3.92. The second-order valence-electron chi connectivity index (χ2n) is 3.50. The van der Waals surface area contributed by atoms with E-state index in [-0.39, 0.29) is 0 Å². The Morgan fingerprint density at radius 2 is 1.88 bits per heavy atom. The van der Waals surface area contributed by atoms with Gasteiger partial charge in [0.05, 0.1) is 19.9 Å². The summed E-state index contributed by atoms with van der Waals surface area (Å²) in [6.45, 7) is 3.76. The van der Waals surface area contributed by atoms with E-state index < -0.39 is 0 Å². The van der Waals surface area contributed by atoms with Crippen molar-refractivity contribution < 1.29 is 9.47 Å². The van der Waals surface area contributed by atoms with E-state index in [2.05, 4.69) is 10.6 Å². The Kier molecular flexibility index (Phi) is 4.92. The second-order valence-corrected chi connectivity index (χ2v) is 3.50. The molecule has 1 aromatic carbocycles. The normalized spacial score (nSPS) is 10.0. The summed E-state index contributed by atoms with van der Waals surface area (Å²) in [6.07, 6.45) is 0. The van der Waals surface area contributed by atoms with Crippen molar-refractivity contribution in [1.82, 2.24) is 5.32 Å². The third-order valence-electron chi connectivity index (χ3n) is 2.47. The fourth-order valence-corrected chi connectivity index (χ4v) is 1.62. The molecule has 4 nitrogen and oxygen atoms in total. The fraction of sp³-hybridized carbons (Fsp3) is 0.500. The molecule has 0 spiro atoms. The van der Waals surface area contributed by atoms with Gasteiger partial charge < -0.3 is 20.1 Å². The summed E-state index contributed by atoms with van der Waals surface area (Å²) >= 11 is 0. The molecule has 0 fully saturated rings. The molecular formula is C12H20N2O2. The van der Waals surface area contributed by atoms with Gasteiger partial charge >= 0.3 is 0 Å². The van der Waals surface area contributed by atoms with Gasteiger partial charge in [0.25, 0.3) is 0 Å². The van der Waals surface area contributed by atoms with Crippen LogP contribution in [0.4, 0.5) is 5.69 Å². The van der Waals surface area contributed by atoms with E-state index in [0.29, 0.717) is 0 Å². The maximum absolute atomic E-state index is 5.39. The first-order valence-corrected chi connectivity index (χ1v) is 5.34. The molecule has 0 aliphatic carbocycles. The molecule has 0 unspecified atom stereocenters. The maximum atomic E-state index is 5.39. The zero-order valence-electron chi connectivity index (χ0n) is 10.4. The summed E-state index contributed by atoms with van der Waals surface area (Å²) in [5.74, 6) is 1.69. The Morgan fingerprint density at radius 3 is 2.44 bits per heavy atom. The van der Waals surface area contributed by atoms with Gasteiger partial charge in [-0.15, -0.1) is 0 Å². The van der Waals surface area contributed by atoms with Crippen molar-refractivity contribution >= 4 is 5.69 Å². The predicted molar refractivity (Wildman–Crippen MR) is 66.7 cm³/mol. The molecule has 4 heteroatoms. The first-order valence-electron chi connectivity index (χ1n) is 5.34. The van der Waals surface area contributed by atoms with E-state index in [1.54, 1.807) is 14.2 Å². The first kappa shape index (κ1) is 12.6. The Hall–Kier alpha value is -1.42. The lowest BCUT2D eigenvalue weighted by Crippen LogP contribution is -2.18. The molecule has 0 aliphatic heterocycles. The van der Waals surface area contributed by atoms with E-state index in [0.717, 1.165) is 35.8 Å². The highest BCUT2D eigenvalue weighted by molar-refractivity contribution is 5.63. The topological polar surface area (TPSA) is 42.5 Å². The molecule has 1 rings (SSSR count). The minimum Gasteiger partial charge on any atom is -0.496 e. The number of likely N-dealkylation sites (N-methyl/N-ethyl adjacent to an activating group) is 1. The summed E-state index contributed by atoms with van der Waals surface area (Å²) in [5.41, 5.74) is 2.01. The van der Waals surface area contributed by atoms with Crippen LogP contribution in [0.3, 0.4) is 0 Å². The number of anilines is 1. The third-order valence-corrected chi connectivity index (χ3v) is 2.47. The second kappa shape index (κ2) is 6.23. The van der Waals surface area contributed by atoms with Crippen LogP contribution in [0.2, 0.25) is 0 Å². The Morgan fingerprint density at radius 1 is 1.12 bits per heavy atom. The standard InChI is InChI=1S/C12H20N2O2/c1-9-11(15-3)6-5-10(12(9)16-4)14-8-7-13-2/h5-6,13-14H,7-8H2,1-4H3. The molecule has 0 radical (unpaired) electrons. The van der Waals surface area contributed by atoms with Crippen molar-refractivity contribution in [2.24, 2.45) is 0 Å². The van der Waals surface area contributed by atoms with Gasteiger partial charge in [0.1, 0.15) is 11.5 Å². The lowest BCUT2D eigenvalue weighted by Gasteiger charge is -2.15. The molecule has 0 heterocycles. The van der Waals surface area contributed by atoms with Crippen LogP contribution in [0.15, 0.2) is 12.1 Å². The Bertz CT molecular complexity index is 340. The molecule has 16 heavy (non-hydrogen) atoms. The number of hydrogen-bond donors (Lipinski definition) is 2. The zero-order chi connectivity index (χ0) is 12.0. The van der Waals surface area contributed by atoms with E-state index in [4.69, 9.17) is 9.47 Å². The molecule has 0 amide bonds. The van der Waals surface area contributed by atoms with Crippen molar-refractivity contribution in [2.75, 3.05) is 39.7 Å². The number of benzene rings is 1. The van der Waals surface area contributed by atoms with Gasteiger partial charge in [0, 0.05) is 18.7 Å². The summed E-state index contributed by atoms with van der Waals surface area (Å²) in [4.78, 5) is 0. The molecule has 0 aliphatic rings. The predicted octanol–water partition coefficient (Wildman–Crippen LogP) is 1.64. The summed E-state index contributed by atoms with van der Waals surface area (Å²) in [7, 11) is 5.26. The van der Waals surface area contributed by atoms with Crippen LogP contribution in [-0.2, 0) is 0 Å². The average molecular weight is 224 g/mol. The van der Waals surface area contributed by atoms with Crippen molar-refractivity contribution in [3.63, 3.8) is 0 Å². The van der Waals surface area contributed by atoms with E-state index in [1.807, 2.05) is 26.1 Å². The van der Waals surface area contributed by atoms with Crippen LogP contribution in [0.5, 0.6) is 11.5 Å². The molecule has 2 N–H and O–H groups in total. The minimum atomic E-state index is 0.843. The van der Waals surface area contributed by atoms with Crippen LogP contribution < -0.4 is 20.1 Å². The highest BCUT2D eigenvalue weighted by atomic mass is 16.5. The lowest BCUT2D eigenvalue weighted by atomic mass is 10.1. The van der Waals surface area contributed by atoms with Gasteiger partial charge in [-0.05, 0) is 26.1 Å². The Labute approximate surface area is 96.9 Å². The molecule has 1 aromatic rings. The number of ether oxygens (including phenoxy) is 2. The van der Waals surface area contributed by atoms with Crippen LogP contribution in [0.25, 0.3) is 0 Å². The number of methoxy groups -OCH3 is 2. The molecule has 0 bridgehead atoms. The summed E-state index contributed by atoms with van der Waals surface area (Å²) < 4.78 is 10.6. The molecule has 0 saturated heterocycles. The van der Waals surface area contributed by atoms with Crippen molar-refractivity contribution in [3.8, 4) is 11.5 Å². The van der Waals surface area contributed by atoms with Crippen molar-refractivity contribution in [3.05, 3.63) is 17.7 Å². The monoisotopic (exact) mass is 224 g/mol. The molecular weight excluding hydrogens is 204 g/mol. The third kappa shape index (κ3) is 2.79. The molecule has 0 saturated carbocycles. The number of nitrogens with one attached hydrogen (secondary N) is 2. The molecule has 0 atom stereocenters. The Balaban J connectivity index is 2.88. The highest BCUT2D eigenvalue weighted by Crippen LogP contribution is 2.34. The first-order chi connectivity index (χ1) is 7.74. The lowest BCUT2D eigenvalue weighted by molar-refractivity contribution is 0.390. The minimum absolute atomic E-state index is 0.843. The van der Waals surface area contributed by atoms with E-state index in [1.165, 1.54) is 0 Å². The summed E-state index contributed by atoms with van der Waals surface area (Å²) in [5, 5.41) is 6.40. The van der Waals surface area contributed by atoms with Gasteiger partial charge in [0.15, 0.2) is 0 Å². The van der Waals surface area contributed by atoms with Crippen LogP contribution >= 0.6 is 0 Å². The van der Waals surface area contributed by atoms with Gasteiger partial charge in [-0.2, -0.15) is 0 Å². The van der Waals surface area contributed by atoms with E-state index >= 15 is 0 Å². The van der Waals surface area contributed by atoms with Gasteiger partial charge in [-0.25, -0.2) is 0 Å². The smallest absolute Gasteiger partial charge is 0.148 e. The largest absolute Gasteiger partial charge is 0.496 e. The fourth-order valence-electron chi connectivity index (χ4n) is 1.62. The van der Waals surface area contributed by atoms with Crippen LogP contribution in [-0.4, -0.2) is 34.4 Å². The van der Waals surface area contributed by atoms with Crippen LogP contribution in [0.1, 0.15) is 5.56 Å². The zero-order valence-corrected chi connectivity index (χ0v) is 10.4. The van der Waals surface area contributed by atoms with Crippen molar-refractivity contribution in [1.29, 1.82) is 0 Å². The van der Waals surface area contributed by atoms with Gasteiger partial charge in [-0.3, -0.25) is 0 Å². The van der Waals surface area contributed by atoms with Crippen LogP contribution in [0, 0.1) is 6.92 Å². The average Bonchev–Trinajstić information content (AvgIpc) is 2.30. The quantitative estimate of drug-likeness (QED) is 0.721. The highest BCUT2D eigenvalue weighted by Gasteiger charge is 2.10. The van der Waals surface area contributed by atoms with E-state index in [9.17, 15) is 0 Å². The molecule has 0 aromatic heterocycles. The SMILES string of the molecule is CNCCNc1ccc(OC)c(C)c1OC. The molecule has 90 valence electrons.